The minimum absolute atomic E-state index is 0.0449. The summed E-state index contributed by atoms with van der Waals surface area (Å²) in [6, 6.07) is 16.2. The summed E-state index contributed by atoms with van der Waals surface area (Å²) in [6.07, 6.45) is 8.51. The molecule has 1 unspecified atom stereocenters. The Hall–Kier alpha value is -2.90. The van der Waals surface area contributed by atoms with Crippen LogP contribution in [0.3, 0.4) is 0 Å². The van der Waals surface area contributed by atoms with Gasteiger partial charge in [-0.15, -0.1) is 0 Å². The number of carbonyl (C=O) groups is 2. The molecule has 2 amide bonds. The van der Waals surface area contributed by atoms with Crippen LogP contribution in [0.25, 0.3) is 0 Å². The van der Waals surface area contributed by atoms with Gasteiger partial charge in [-0.2, -0.15) is 0 Å². The number of unbranched alkanes of at least 4 members (excludes halogenated alkanes) is 2. The van der Waals surface area contributed by atoms with Crippen LogP contribution in [0.5, 0.6) is 5.75 Å². The van der Waals surface area contributed by atoms with Crippen LogP contribution in [-0.4, -0.2) is 78.2 Å². The molecule has 2 aromatic carbocycles. The number of nitrogens with zero attached hydrogens (tertiary/aromatic N) is 3. The van der Waals surface area contributed by atoms with Crippen LogP contribution in [-0.2, 0) is 11.2 Å². The molecule has 1 atom stereocenters. The van der Waals surface area contributed by atoms with Crippen molar-refractivity contribution in [2.75, 3.05) is 44.3 Å². The molecule has 0 bridgehead atoms. The molecule has 0 spiro atoms. The van der Waals surface area contributed by atoms with Crippen LogP contribution in [0.4, 0.5) is 5.69 Å². The molecular weight excluding hydrogens is 478 g/mol. The van der Waals surface area contributed by atoms with E-state index in [0.29, 0.717) is 37.7 Å². The van der Waals surface area contributed by atoms with Gasteiger partial charge in [-0.1, -0.05) is 18.2 Å². The van der Waals surface area contributed by atoms with E-state index in [1.54, 1.807) is 0 Å². The van der Waals surface area contributed by atoms with Gasteiger partial charge in [-0.05, 0) is 100 Å². The second-order valence-corrected chi connectivity index (χ2v) is 10.9. The Bertz CT molecular complexity index is 1080. The molecule has 0 radical (unpaired) electrons. The van der Waals surface area contributed by atoms with E-state index >= 15 is 0 Å². The van der Waals surface area contributed by atoms with Crippen LogP contribution in [0.2, 0.25) is 0 Å². The number of aliphatic hydroxyl groups excluding tert-OH is 1. The lowest BCUT2D eigenvalue weighted by atomic mass is 9.95. The molecule has 2 saturated heterocycles. The van der Waals surface area contributed by atoms with Crippen molar-refractivity contribution in [3.63, 3.8) is 0 Å². The first-order valence-corrected chi connectivity index (χ1v) is 14.4. The number of benzene rings is 2. The molecule has 3 aliphatic rings. The SMILES string of the molecule is O=C(c1ccc(OCCCCCN2CCCC2CO)cc1)N1CCC(N2C(=O)CCc3ccccc32)CC1. The molecule has 2 fully saturated rings. The van der Waals surface area contributed by atoms with E-state index in [1.807, 2.05) is 46.2 Å². The Balaban J connectivity index is 1.04. The predicted molar refractivity (Wildman–Crippen MR) is 149 cm³/mol. The van der Waals surface area contributed by atoms with E-state index in [4.69, 9.17) is 4.74 Å². The average molecular weight is 520 g/mol. The molecule has 0 aliphatic carbocycles. The molecule has 204 valence electrons. The molecule has 2 aromatic rings. The number of aryl methyl sites for hydroxylation is 1. The minimum atomic E-state index is 0.0449. The van der Waals surface area contributed by atoms with Gasteiger partial charge < -0.3 is 19.6 Å². The van der Waals surface area contributed by atoms with Gasteiger partial charge in [0, 0.05) is 42.8 Å². The third kappa shape index (κ3) is 6.21. The summed E-state index contributed by atoms with van der Waals surface area (Å²) in [5.74, 6) is 1.04. The molecule has 7 heteroatoms. The fourth-order valence-electron chi connectivity index (χ4n) is 6.24. The second kappa shape index (κ2) is 12.8. The topological polar surface area (TPSA) is 73.3 Å². The Morgan fingerprint density at radius 2 is 1.71 bits per heavy atom. The number of hydrogen-bond donors (Lipinski definition) is 1. The molecule has 3 aliphatic heterocycles. The average Bonchev–Trinajstić information content (AvgIpc) is 3.42. The van der Waals surface area contributed by atoms with Crippen molar-refractivity contribution in [1.82, 2.24) is 9.80 Å². The van der Waals surface area contributed by atoms with E-state index < -0.39 is 0 Å². The van der Waals surface area contributed by atoms with E-state index in [9.17, 15) is 14.7 Å². The second-order valence-electron chi connectivity index (χ2n) is 10.9. The normalized spacial score (nSPS) is 20.6. The zero-order chi connectivity index (χ0) is 26.3. The third-order valence-electron chi connectivity index (χ3n) is 8.41. The van der Waals surface area contributed by atoms with Crippen molar-refractivity contribution in [3.05, 3.63) is 59.7 Å². The summed E-state index contributed by atoms with van der Waals surface area (Å²) in [4.78, 5) is 32.2. The highest BCUT2D eigenvalue weighted by Crippen LogP contribution is 2.32. The number of fused-ring (bicyclic) bond motifs is 1. The van der Waals surface area contributed by atoms with Crippen molar-refractivity contribution in [1.29, 1.82) is 0 Å². The fourth-order valence-corrected chi connectivity index (χ4v) is 6.24. The minimum Gasteiger partial charge on any atom is -0.494 e. The number of hydrogen-bond acceptors (Lipinski definition) is 5. The molecular formula is C31H41N3O4. The van der Waals surface area contributed by atoms with Gasteiger partial charge in [-0.3, -0.25) is 14.5 Å². The number of para-hydroxylation sites is 1. The Morgan fingerprint density at radius 1 is 0.921 bits per heavy atom. The lowest BCUT2D eigenvalue weighted by Crippen LogP contribution is -2.50. The highest BCUT2D eigenvalue weighted by atomic mass is 16.5. The van der Waals surface area contributed by atoms with Crippen molar-refractivity contribution in [2.24, 2.45) is 0 Å². The van der Waals surface area contributed by atoms with Crippen molar-refractivity contribution in [3.8, 4) is 5.75 Å². The van der Waals surface area contributed by atoms with E-state index in [0.717, 1.165) is 69.5 Å². The van der Waals surface area contributed by atoms with Crippen LogP contribution >= 0.6 is 0 Å². The molecule has 3 heterocycles. The first kappa shape index (κ1) is 26.7. The number of amides is 2. The number of aliphatic hydroxyl groups is 1. The number of carbonyl (C=O) groups excluding carboxylic acids is 2. The van der Waals surface area contributed by atoms with Gasteiger partial charge in [0.15, 0.2) is 0 Å². The number of likely N-dealkylation sites (tertiary alicyclic amines) is 2. The van der Waals surface area contributed by atoms with Crippen LogP contribution in [0, 0.1) is 0 Å². The van der Waals surface area contributed by atoms with Gasteiger partial charge in [-0.25, -0.2) is 0 Å². The molecule has 5 rings (SSSR count). The molecule has 0 aromatic heterocycles. The summed E-state index contributed by atoms with van der Waals surface area (Å²) in [5, 5.41) is 9.43. The smallest absolute Gasteiger partial charge is 0.253 e. The quantitative estimate of drug-likeness (QED) is 0.475. The maximum atomic E-state index is 13.1. The highest BCUT2D eigenvalue weighted by molar-refractivity contribution is 5.97. The summed E-state index contributed by atoms with van der Waals surface area (Å²) in [5.41, 5.74) is 2.97. The van der Waals surface area contributed by atoms with Gasteiger partial charge in [0.2, 0.25) is 5.91 Å². The molecule has 1 N–H and O–H groups in total. The monoisotopic (exact) mass is 519 g/mol. The zero-order valence-electron chi connectivity index (χ0n) is 22.4. The van der Waals surface area contributed by atoms with E-state index in [1.165, 1.54) is 12.0 Å². The van der Waals surface area contributed by atoms with Gasteiger partial charge in [0.25, 0.3) is 5.91 Å². The maximum Gasteiger partial charge on any atom is 0.253 e. The molecule has 7 nitrogen and oxygen atoms in total. The summed E-state index contributed by atoms with van der Waals surface area (Å²) in [7, 11) is 0. The van der Waals surface area contributed by atoms with Gasteiger partial charge in [0.1, 0.15) is 5.75 Å². The van der Waals surface area contributed by atoms with E-state index in [2.05, 4.69) is 17.0 Å². The standard InChI is InChI=1S/C31H41N3O4/c35-23-27-8-6-19-32(27)18-4-1-5-22-38-28-13-10-25(11-14-28)31(37)33-20-16-26(17-21-33)34-29-9-3-2-7-24(29)12-15-30(34)36/h2-3,7,9-11,13-14,26-27,35H,1,4-6,8,12,15-23H2. The molecule has 38 heavy (non-hydrogen) atoms. The zero-order valence-corrected chi connectivity index (χ0v) is 22.4. The van der Waals surface area contributed by atoms with Gasteiger partial charge >= 0.3 is 0 Å². The Morgan fingerprint density at radius 3 is 2.50 bits per heavy atom. The highest BCUT2D eigenvalue weighted by Gasteiger charge is 2.33. The molecule has 0 saturated carbocycles. The summed E-state index contributed by atoms with van der Waals surface area (Å²) >= 11 is 0. The Kier molecular flexibility index (Phi) is 8.97. The summed E-state index contributed by atoms with van der Waals surface area (Å²) in [6.45, 7) is 4.42. The third-order valence-corrected chi connectivity index (χ3v) is 8.41. The largest absolute Gasteiger partial charge is 0.494 e. The number of ether oxygens (including phenoxy) is 1. The fraction of sp³-hybridized carbons (Fsp3) is 0.548. The first-order valence-electron chi connectivity index (χ1n) is 14.4. The number of rotatable bonds is 10. The van der Waals surface area contributed by atoms with Gasteiger partial charge in [0.05, 0.1) is 13.2 Å². The maximum absolute atomic E-state index is 13.1. The van der Waals surface area contributed by atoms with Crippen molar-refractivity contribution >= 4 is 17.5 Å². The van der Waals surface area contributed by atoms with Crippen molar-refractivity contribution < 1.29 is 19.4 Å². The lowest BCUT2D eigenvalue weighted by molar-refractivity contribution is -0.119. The van der Waals surface area contributed by atoms with Crippen LogP contribution in [0.15, 0.2) is 48.5 Å². The Labute approximate surface area is 226 Å². The van der Waals surface area contributed by atoms with Crippen LogP contribution < -0.4 is 9.64 Å². The summed E-state index contributed by atoms with van der Waals surface area (Å²) < 4.78 is 5.90. The lowest BCUT2D eigenvalue weighted by Gasteiger charge is -2.41. The van der Waals surface area contributed by atoms with Crippen LogP contribution in [0.1, 0.15) is 67.3 Å². The van der Waals surface area contributed by atoms with Crippen molar-refractivity contribution in [2.45, 2.75) is 69.9 Å². The first-order chi connectivity index (χ1) is 18.6. The number of piperidine rings is 1. The number of anilines is 1. The predicted octanol–water partition coefficient (Wildman–Crippen LogP) is 4.28. The van der Waals surface area contributed by atoms with E-state index in [-0.39, 0.29) is 24.5 Å².